The third kappa shape index (κ3) is 2.72. The van der Waals surface area contributed by atoms with Crippen LogP contribution in [-0.2, 0) is 0 Å². The summed E-state index contributed by atoms with van der Waals surface area (Å²) in [4.78, 5) is 18.2. The molecule has 18 heavy (non-hydrogen) atoms. The average molecular weight is 313 g/mol. The summed E-state index contributed by atoms with van der Waals surface area (Å²) >= 11 is 3.26. The molecule has 1 amide bonds. The first-order valence-corrected chi connectivity index (χ1v) is 6.84. The first kappa shape index (κ1) is 13.5. The van der Waals surface area contributed by atoms with Crippen LogP contribution < -0.4 is 0 Å². The highest BCUT2D eigenvalue weighted by Gasteiger charge is 2.38. The van der Waals surface area contributed by atoms with Gasteiger partial charge in [-0.2, -0.15) is 0 Å². The largest absolute Gasteiger partial charge is 0.388 e. The van der Waals surface area contributed by atoms with Crippen molar-refractivity contribution in [2.24, 2.45) is 0 Å². The van der Waals surface area contributed by atoms with Gasteiger partial charge in [-0.05, 0) is 54.8 Å². The van der Waals surface area contributed by atoms with E-state index in [1.165, 1.54) is 0 Å². The van der Waals surface area contributed by atoms with Gasteiger partial charge in [-0.3, -0.25) is 4.79 Å². The van der Waals surface area contributed by atoms with Gasteiger partial charge in [-0.1, -0.05) is 0 Å². The number of carbonyl (C=O) groups is 1. The molecule has 0 aliphatic carbocycles. The minimum absolute atomic E-state index is 0.0391. The van der Waals surface area contributed by atoms with Gasteiger partial charge < -0.3 is 10.0 Å². The van der Waals surface area contributed by atoms with E-state index >= 15 is 0 Å². The summed E-state index contributed by atoms with van der Waals surface area (Å²) in [6.45, 7) is 4.21. The van der Waals surface area contributed by atoms with Gasteiger partial charge >= 0.3 is 0 Å². The molecule has 5 heteroatoms. The van der Waals surface area contributed by atoms with E-state index in [2.05, 4.69) is 20.9 Å². The lowest BCUT2D eigenvalue weighted by atomic mass is 9.96. The molecule has 1 saturated heterocycles. The Balaban J connectivity index is 2.23. The minimum Gasteiger partial charge on any atom is -0.388 e. The van der Waals surface area contributed by atoms with E-state index < -0.39 is 5.60 Å². The second-order valence-corrected chi connectivity index (χ2v) is 5.99. The third-order valence-corrected chi connectivity index (χ3v) is 3.74. The summed E-state index contributed by atoms with van der Waals surface area (Å²) in [5.41, 5.74) is -0.260. The summed E-state index contributed by atoms with van der Waals surface area (Å²) in [7, 11) is 0. The second-order valence-electron chi connectivity index (χ2n) is 5.18. The number of pyridine rings is 1. The highest BCUT2D eigenvalue weighted by molar-refractivity contribution is 9.10. The molecule has 1 aliphatic rings. The topological polar surface area (TPSA) is 53.4 Å². The molecule has 0 spiro atoms. The summed E-state index contributed by atoms with van der Waals surface area (Å²) < 4.78 is 0.646. The predicted octanol–water partition coefficient (Wildman–Crippen LogP) is 2.22. The Kier molecular flexibility index (Phi) is 3.73. The molecule has 1 aliphatic heterocycles. The van der Waals surface area contributed by atoms with Crippen LogP contribution in [0.2, 0.25) is 0 Å². The molecule has 1 aromatic rings. The number of amides is 1. The van der Waals surface area contributed by atoms with Gasteiger partial charge in [0, 0.05) is 18.3 Å². The van der Waals surface area contributed by atoms with Gasteiger partial charge in [0.05, 0.1) is 11.6 Å². The number of halogens is 1. The molecule has 0 radical (unpaired) electrons. The predicted molar refractivity (Wildman–Crippen MR) is 72.3 cm³/mol. The van der Waals surface area contributed by atoms with Gasteiger partial charge in [-0.15, -0.1) is 0 Å². The van der Waals surface area contributed by atoms with Crippen LogP contribution in [-0.4, -0.2) is 39.1 Å². The van der Waals surface area contributed by atoms with Crippen molar-refractivity contribution in [1.82, 2.24) is 9.88 Å². The fourth-order valence-electron chi connectivity index (χ4n) is 2.45. The molecule has 4 nitrogen and oxygen atoms in total. The normalized spacial score (nSPS) is 20.2. The Bertz CT molecular complexity index is 457. The van der Waals surface area contributed by atoms with Crippen molar-refractivity contribution in [3.63, 3.8) is 0 Å². The Morgan fingerprint density at radius 1 is 1.61 bits per heavy atom. The first-order chi connectivity index (χ1) is 8.39. The Morgan fingerprint density at radius 2 is 2.33 bits per heavy atom. The van der Waals surface area contributed by atoms with Crippen LogP contribution >= 0.6 is 15.9 Å². The smallest absolute Gasteiger partial charge is 0.254 e. The van der Waals surface area contributed by atoms with Crippen molar-refractivity contribution in [2.45, 2.75) is 38.3 Å². The molecule has 2 heterocycles. The van der Waals surface area contributed by atoms with Gasteiger partial charge in [-0.25, -0.2) is 4.98 Å². The molecular formula is C13H17BrN2O2. The molecule has 0 aromatic carbocycles. The van der Waals surface area contributed by atoms with Crippen LogP contribution in [0.4, 0.5) is 0 Å². The van der Waals surface area contributed by atoms with Crippen molar-refractivity contribution >= 4 is 21.8 Å². The Morgan fingerprint density at radius 3 is 2.94 bits per heavy atom. The van der Waals surface area contributed by atoms with Crippen molar-refractivity contribution in [1.29, 1.82) is 0 Å². The Hall–Kier alpha value is -0.940. The van der Waals surface area contributed by atoms with E-state index in [1.54, 1.807) is 37.1 Å². The van der Waals surface area contributed by atoms with Gasteiger partial charge in [0.2, 0.25) is 0 Å². The standard InChI is InChI=1S/C13H17BrN2O2/c1-13(2,18)10-4-3-7-16(10)12(17)9-5-6-15-11(14)8-9/h5-6,8,10,18H,3-4,7H2,1-2H3. The number of likely N-dealkylation sites (tertiary alicyclic amines) is 1. The van der Waals surface area contributed by atoms with E-state index in [-0.39, 0.29) is 11.9 Å². The lowest BCUT2D eigenvalue weighted by Crippen LogP contribution is -2.48. The van der Waals surface area contributed by atoms with Crippen LogP contribution in [0.25, 0.3) is 0 Å². The molecule has 1 N–H and O–H groups in total. The average Bonchev–Trinajstić information content (AvgIpc) is 2.76. The fraction of sp³-hybridized carbons (Fsp3) is 0.538. The number of hydrogen-bond acceptors (Lipinski definition) is 3. The lowest BCUT2D eigenvalue weighted by molar-refractivity contribution is 0.000329. The maximum atomic E-state index is 12.4. The van der Waals surface area contributed by atoms with E-state index in [0.717, 1.165) is 12.8 Å². The number of aromatic nitrogens is 1. The SMILES string of the molecule is CC(C)(O)C1CCCN1C(=O)c1ccnc(Br)c1. The van der Waals surface area contributed by atoms with Crippen LogP contribution in [0.5, 0.6) is 0 Å². The number of aliphatic hydroxyl groups is 1. The van der Waals surface area contributed by atoms with E-state index in [0.29, 0.717) is 16.7 Å². The number of carbonyl (C=O) groups excluding carboxylic acids is 1. The number of nitrogens with zero attached hydrogens (tertiary/aromatic N) is 2. The van der Waals surface area contributed by atoms with Crippen molar-refractivity contribution in [3.05, 3.63) is 28.5 Å². The van der Waals surface area contributed by atoms with Gasteiger partial charge in [0.25, 0.3) is 5.91 Å². The zero-order valence-electron chi connectivity index (χ0n) is 10.6. The zero-order chi connectivity index (χ0) is 13.3. The van der Waals surface area contributed by atoms with Gasteiger partial charge in [0.1, 0.15) is 4.60 Å². The maximum absolute atomic E-state index is 12.4. The van der Waals surface area contributed by atoms with Crippen LogP contribution in [0.3, 0.4) is 0 Å². The van der Waals surface area contributed by atoms with Crippen molar-refractivity contribution < 1.29 is 9.90 Å². The molecule has 2 rings (SSSR count). The summed E-state index contributed by atoms with van der Waals surface area (Å²) in [5, 5.41) is 10.1. The van der Waals surface area contributed by atoms with Gasteiger partial charge in [0.15, 0.2) is 0 Å². The fourth-order valence-corrected chi connectivity index (χ4v) is 2.81. The highest BCUT2D eigenvalue weighted by atomic mass is 79.9. The minimum atomic E-state index is -0.865. The lowest BCUT2D eigenvalue weighted by Gasteiger charge is -2.33. The van der Waals surface area contributed by atoms with E-state index in [9.17, 15) is 9.90 Å². The Labute approximate surface area is 115 Å². The van der Waals surface area contributed by atoms with Crippen molar-refractivity contribution in [3.8, 4) is 0 Å². The summed E-state index contributed by atoms with van der Waals surface area (Å²) in [6, 6.07) is 3.30. The first-order valence-electron chi connectivity index (χ1n) is 6.04. The third-order valence-electron chi connectivity index (χ3n) is 3.30. The molecule has 1 unspecified atom stereocenters. The van der Waals surface area contributed by atoms with Crippen molar-refractivity contribution in [2.75, 3.05) is 6.54 Å². The molecule has 0 saturated carbocycles. The van der Waals surface area contributed by atoms with E-state index in [4.69, 9.17) is 0 Å². The molecule has 1 atom stereocenters. The number of rotatable bonds is 2. The second kappa shape index (κ2) is 4.97. The van der Waals surface area contributed by atoms with Crippen LogP contribution in [0.1, 0.15) is 37.0 Å². The summed E-state index contributed by atoms with van der Waals surface area (Å²) in [6.07, 6.45) is 3.39. The van der Waals surface area contributed by atoms with Crippen LogP contribution in [0.15, 0.2) is 22.9 Å². The summed E-state index contributed by atoms with van der Waals surface area (Å²) in [5.74, 6) is -0.0391. The quantitative estimate of drug-likeness (QED) is 0.852. The molecular weight excluding hydrogens is 296 g/mol. The van der Waals surface area contributed by atoms with Crippen LogP contribution in [0, 0.1) is 0 Å². The molecule has 0 bridgehead atoms. The maximum Gasteiger partial charge on any atom is 0.254 e. The number of hydrogen-bond donors (Lipinski definition) is 1. The highest BCUT2D eigenvalue weighted by Crippen LogP contribution is 2.28. The molecule has 1 aromatic heterocycles. The monoisotopic (exact) mass is 312 g/mol. The molecule has 98 valence electrons. The van der Waals surface area contributed by atoms with E-state index in [1.807, 2.05) is 0 Å². The molecule has 1 fully saturated rings. The zero-order valence-corrected chi connectivity index (χ0v) is 12.1.